The van der Waals surface area contributed by atoms with E-state index in [9.17, 15) is 4.79 Å². The van der Waals surface area contributed by atoms with Crippen LogP contribution in [-0.4, -0.2) is 22.6 Å². The van der Waals surface area contributed by atoms with Crippen molar-refractivity contribution in [1.29, 1.82) is 0 Å². The van der Waals surface area contributed by atoms with Crippen LogP contribution in [0.25, 0.3) is 0 Å². The lowest BCUT2D eigenvalue weighted by Crippen LogP contribution is -2.43. The molecule has 0 saturated heterocycles. The fraction of sp³-hybridized carbons (Fsp3) is 0.636. The molecule has 0 aliphatic heterocycles. The first-order valence-electron chi connectivity index (χ1n) is 5.45. The number of aromatic nitrogens is 1. The van der Waals surface area contributed by atoms with E-state index in [1.807, 2.05) is 13.8 Å². The van der Waals surface area contributed by atoms with E-state index in [1.54, 1.807) is 11.3 Å². The topological polar surface area (TPSA) is 62.2 Å². The zero-order valence-corrected chi connectivity index (χ0v) is 10.4. The highest BCUT2D eigenvalue weighted by atomic mass is 32.1. The number of rotatable bonds is 4. The van der Waals surface area contributed by atoms with Crippen LogP contribution in [0.15, 0.2) is 0 Å². The van der Waals surface area contributed by atoms with Gasteiger partial charge in [0.2, 0.25) is 0 Å². The molecule has 88 valence electrons. The monoisotopic (exact) mass is 240 g/mol. The molecule has 0 unspecified atom stereocenters. The van der Waals surface area contributed by atoms with Gasteiger partial charge in [-0.25, -0.2) is 4.98 Å². The number of nitrogens with zero attached hydrogens (tertiary/aromatic N) is 1. The fourth-order valence-corrected chi connectivity index (χ4v) is 2.67. The highest BCUT2D eigenvalue weighted by Gasteiger charge is 2.44. The number of carboxylic acid groups (broad SMARTS) is 1. The minimum Gasteiger partial charge on any atom is -0.481 e. The third-order valence-electron chi connectivity index (χ3n) is 3.37. The lowest BCUT2D eigenvalue weighted by atomic mass is 9.69. The van der Waals surface area contributed by atoms with Crippen molar-refractivity contribution >= 4 is 22.4 Å². The molecule has 5 heteroatoms. The van der Waals surface area contributed by atoms with Gasteiger partial charge in [-0.1, -0.05) is 6.42 Å². The summed E-state index contributed by atoms with van der Waals surface area (Å²) in [5.74, 6) is -0.684. The van der Waals surface area contributed by atoms with E-state index in [0.717, 1.165) is 30.1 Å². The number of carbonyl (C=O) groups is 1. The molecule has 16 heavy (non-hydrogen) atoms. The second kappa shape index (κ2) is 4.05. The van der Waals surface area contributed by atoms with Crippen LogP contribution in [0, 0.1) is 19.3 Å². The first kappa shape index (κ1) is 11.4. The summed E-state index contributed by atoms with van der Waals surface area (Å²) >= 11 is 1.59. The fourth-order valence-electron chi connectivity index (χ4n) is 1.86. The van der Waals surface area contributed by atoms with E-state index in [-0.39, 0.29) is 0 Å². The summed E-state index contributed by atoms with van der Waals surface area (Å²) in [5, 5.41) is 13.2. The van der Waals surface area contributed by atoms with E-state index in [2.05, 4.69) is 10.3 Å². The molecule has 0 radical (unpaired) electrons. The predicted octanol–water partition coefficient (Wildman–Crippen LogP) is 2.43. The minimum absolute atomic E-state index is 0.495. The number of carboxylic acids is 1. The van der Waals surface area contributed by atoms with Crippen molar-refractivity contribution < 1.29 is 9.90 Å². The minimum atomic E-state index is -0.684. The van der Waals surface area contributed by atoms with Gasteiger partial charge in [0, 0.05) is 11.4 Å². The van der Waals surface area contributed by atoms with Crippen LogP contribution in [0.4, 0.5) is 5.13 Å². The van der Waals surface area contributed by atoms with E-state index in [1.165, 1.54) is 4.88 Å². The molecule has 0 atom stereocenters. The van der Waals surface area contributed by atoms with E-state index < -0.39 is 11.4 Å². The molecule has 0 amide bonds. The third-order valence-corrected chi connectivity index (χ3v) is 4.40. The molecular formula is C11H16N2O2S. The van der Waals surface area contributed by atoms with Gasteiger partial charge in [0.25, 0.3) is 0 Å². The summed E-state index contributed by atoms with van der Waals surface area (Å²) in [6.45, 7) is 4.48. The lowest BCUT2D eigenvalue weighted by Gasteiger charge is -2.37. The van der Waals surface area contributed by atoms with Gasteiger partial charge in [0.05, 0.1) is 11.1 Å². The van der Waals surface area contributed by atoms with Crippen molar-refractivity contribution in [1.82, 2.24) is 4.98 Å². The Kier molecular flexibility index (Phi) is 2.88. The second-order valence-electron chi connectivity index (χ2n) is 4.45. The van der Waals surface area contributed by atoms with Gasteiger partial charge in [0.15, 0.2) is 5.13 Å². The quantitative estimate of drug-likeness (QED) is 0.848. The van der Waals surface area contributed by atoms with Gasteiger partial charge in [0.1, 0.15) is 0 Å². The molecule has 0 spiro atoms. The highest BCUT2D eigenvalue weighted by Crippen LogP contribution is 2.41. The number of aliphatic carboxylic acids is 1. The van der Waals surface area contributed by atoms with Gasteiger partial charge >= 0.3 is 5.97 Å². The van der Waals surface area contributed by atoms with Crippen LogP contribution >= 0.6 is 11.3 Å². The molecule has 2 rings (SSSR count). The summed E-state index contributed by atoms with van der Waals surface area (Å²) in [4.78, 5) is 16.7. The maximum Gasteiger partial charge on any atom is 0.311 e. The van der Waals surface area contributed by atoms with Gasteiger partial charge in [-0.15, -0.1) is 11.3 Å². The summed E-state index contributed by atoms with van der Waals surface area (Å²) in [6.07, 6.45) is 2.57. The Balaban J connectivity index is 1.99. The number of anilines is 1. The van der Waals surface area contributed by atoms with Crippen molar-refractivity contribution in [3.8, 4) is 0 Å². The molecule has 1 saturated carbocycles. The van der Waals surface area contributed by atoms with Gasteiger partial charge < -0.3 is 10.4 Å². The van der Waals surface area contributed by atoms with Crippen LogP contribution in [0.3, 0.4) is 0 Å². The third kappa shape index (κ3) is 1.91. The van der Waals surface area contributed by atoms with Crippen LogP contribution in [0.5, 0.6) is 0 Å². The zero-order chi connectivity index (χ0) is 11.8. The Labute approximate surface area is 98.7 Å². The summed E-state index contributed by atoms with van der Waals surface area (Å²) in [5.41, 5.74) is 0.471. The predicted molar refractivity (Wildman–Crippen MR) is 64.0 cm³/mol. The van der Waals surface area contributed by atoms with Crippen LogP contribution in [0.1, 0.15) is 29.8 Å². The van der Waals surface area contributed by atoms with Gasteiger partial charge in [-0.2, -0.15) is 0 Å². The summed E-state index contributed by atoms with van der Waals surface area (Å²) in [6, 6.07) is 0. The van der Waals surface area contributed by atoms with Crippen molar-refractivity contribution in [2.75, 3.05) is 11.9 Å². The summed E-state index contributed by atoms with van der Waals surface area (Å²) < 4.78 is 0. The van der Waals surface area contributed by atoms with Crippen LogP contribution < -0.4 is 5.32 Å². The van der Waals surface area contributed by atoms with Crippen molar-refractivity contribution in [3.63, 3.8) is 0 Å². The number of thiazole rings is 1. The Morgan fingerprint density at radius 1 is 1.56 bits per heavy atom. The van der Waals surface area contributed by atoms with Crippen LogP contribution in [0.2, 0.25) is 0 Å². The standard InChI is InChI=1S/C11H16N2O2S/c1-7-8(2)16-10(13-7)12-6-11(9(14)15)4-3-5-11/h3-6H2,1-2H3,(H,12,13)(H,14,15). The number of hydrogen-bond donors (Lipinski definition) is 2. The van der Waals surface area contributed by atoms with Gasteiger partial charge in [-0.3, -0.25) is 4.79 Å². The number of aryl methyl sites for hydroxylation is 2. The SMILES string of the molecule is Cc1nc(NCC2(C(=O)O)CCC2)sc1C. The zero-order valence-electron chi connectivity index (χ0n) is 9.54. The first-order chi connectivity index (χ1) is 7.53. The highest BCUT2D eigenvalue weighted by molar-refractivity contribution is 7.15. The average Bonchev–Trinajstić information content (AvgIpc) is 2.44. The maximum absolute atomic E-state index is 11.1. The largest absolute Gasteiger partial charge is 0.481 e. The molecule has 1 aromatic heterocycles. The molecule has 1 heterocycles. The number of nitrogens with one attached hydrogen (secondary N) is 1. The molecule has 1 aromatic rings. The molecule has 1 aliphatic rings. The smallest absolute Gasteiger partial charge is 0.311 e. The molecule has 1 fully saturated rings. The second-order valence-corrected chi connectivity index (χ2v) is 5.66. The van der Waals surface area contributed by atoms with E-state index in [4.69, 9.17) is 5.11 Å². The normalized spacial score (nSPS) is 17.9. The molecule has 1 aliphatic carbocycles. The number of hydrogen-bond acceptors (Lipinski definition) is 4. The Hall–Kier alpha value is -1.10. The first-order valence-corrected chi connectivity index (χ1v) is 6.26. The molecule has 4 nitrogen and oxygen atoms in total. The summed E-state index contributed by atoms with van der Waals surface area (Å²) in [7, 11) is 0. The lowest BCUT2D eigenvalue weighted by molar-refractivity contribution is -0.153. The molecule has 2 N–H and O–H groups in total. The molecular weight excluding hydrogens is 224 g/mol. The average molecular weight is 240 g/mol. The Bertz CT molecular complexity index is 391. The van der Waals surface area contributed by atoms with Crippen molar-refractivity contribution in [2.45, 2.75) is 33.1 Å². The van der Waals surface area contributed by atoms with Crippen molar-refractivity contribution in [2.24, 2.45) is 5.41 Å². The van der Waals surface area contributed by atoms with Crippen LogP contribution in [-0.2, 0) is 4.79 Å². The van der Waals surface area contributed by atoms with Crippen molar-refractivity contribution in [3.05, 3.63) is 10.6 Å². The Morgan fingerprint density at radius 3 is 2.62 bits per heavy atom. The van der Waals surface area contributed by atoms with E-state index in [0.29, 0.717) is 6.54 Å². The van der Waals surface area contributed by atoms with E-state index >= 15 is 0 Å². The Morgan fingerprint density at radius 2 is 2.25 bits per heavy atom. The maximum atomic E-state index is 11.1. The molecule has 0 aromatic carbocycles. The van der Waals surface area contributed by atoms with Gasteiger partial charge in [-0.05, 0) is 26.7 Å². The molecule has 0 bridgehead atoms.